The molecule has 4 nitrogen and oxygen atoms in total. The highest BCUT2D eigenvalue weighted by molar-refractivity contribution is 5.79. The number of hydrogen-bond acceptors (Lipinski definition) is 3. The number of rotatable bonds is 0. The summed E-state index contributed by atoms with van der Waals surface area (Å²) in [7, 11) is 0. The first-order chi connectivity index (χ1) is 5.79. The van der Waals surface area contributed by atoms with Crippen LogP contribution in [0.15, 0.2) is 0 Å². The van der Waals surface area contributed by atoms with E-state index in [2.05, 4.69) is 12.2 Å². The Labute approximate surface area is 71.9 Å². The second-order valence-corrected chi connectivity index (χ2v) is 3.40. The first kappa shape index (κ1) is 8.01. The van der Waals surface area contributed by atoms with Gasteiger partial charge in [0.1, 0.15) is 6.23 Å². The van der Waals surface area contributed by atoms with Crippen LogP contribution in [0.25, 0.3) is 0 Å². The van der Waals surface area contributed by atoms with Crippen LogP contribution < -0.4 is 5.32 Å². The standard InChI is InChI=1S/C8H14N2O2/c1-6-2-3-12-8-5-9-4-7(11)10(6)8/h6,8-9H,2-5H2,1H3/t6-,8?/m1/s1. The highest BCUT2D eigenvalue weighted by Gasteiger charge is 2.34. The molecule has 2 aliphatic heterocycles. The zero-order valence-electron chi connectivity index (χ0n) is 7.25. The lowest BCUT2D eigenvalue weighted by Crippen LogP contribution is -2.61. The third-order valence-electron chi connectivity index (χ3n) is 2.51. The minimum Gasteiger partial charge on any atom is -0.357 e. The third kappa shape index (κ3) is 1.21. The summed E-state index contributed by atoms with van der Waals surface area (Å²) >= 11 is 0. The van der Waals surface area contributed by atoms with Gasteiger partial charge in [0.05, 0.1) is 13.2 Å². The lowest BCUT2D eigenvalue weighted by atomic mass is 10.1. The van der Waals surface area contributed by atoms with E-state index in [0.29, 0.717) is 12.6 Å². The highest BCUT2D eigenvalue weighted by Crippen LogP contribution is 2.18. The molecule has 2 saturated heterocycles. The summed E-state index contributed by atoms with van der Waals surface area (Å²) in [6.45, 7) is 4.09. The summed E-state index contributed by atoms with van der Waals surface area (Å²) in [6, 6.07) is 0.346. The summed E-state index contributed by atoms with van der Waals surface area (Å²) in [5.41, 5.74) is 0. The SMILES string of the molecule is C[C@@H]1CCOC2CNCC(=O)N21. The van der Waals surface area contributed by atoms with Crippen molar-refractivity contribution in [3.8, 4) is 0 Å². The van der Waals surface area contributed by atoms with Crippen LogP contribution in [0.2, 0.25) is 0 Å². The minimum atomic E-state index is -0.0185. The van der Waals surface area contributed by atoms with Crippen LogP contribution in [-0.4, -0.2) is 42.8 Å². The molecule has 4 heteroatoms. The molecule has 2 aliphatic rings. The number of nitrogens with one attached hydrogen (secondary N) is 1. The van der Waals surface area contributed by atoms with E-state index in [1.165, 1.54) is 0 Å². The molecule has 0 aliphatic carbocycles. The van der Waals surface area contributed by atoms with Crippen molar-refractivity contribution in [2.75, 3.05) is 19.7 Å². The summed E-state index contributed by atoms with van der Waals surface area (Å²) in [6.07, 6.45) is 0.942. The van der Waals surface area contributed by atoms with Gasteiger partial charge >= 0.3 is 0 Å². The molecule has 1 amide bonds. The minimum absolute atomic E-state index is 0.0185. The fourth-order valence-corrected chi connectivity index (χ4v) is 1.84. The molecular weight excluding hydrogens is 156 g/mol. The van der Waals surface area contributed by atoms with Crippen molar-refractivity contribution in [1.29, 1.82) is 0 Å². The molecule has 0 saturated carbocycles. The molecule has 12 heavy (non-hydrogen) atoms. The van der Waals surface area contributed by atoms with Crippen molar-refractivity contribution >= 4 is 5.91 Å². The molecule has 0 bridgehead atoms. The van der Waals surface area contributed by atoms with Gasteiger partial charge in [-0.15, -0.1) is 0 Å². The lowest BCUT2D eigenvalue weighted by molar-refractivity contribution is -0.167. The molecule has 0 spiro atoms. The van der Waals surface area contributed by atoms with Gasteiger partial charge in [-0.25, -0.2) is 0 Å². The molecule has 2 fully saturated rings. The Morgan fingerprint density at radius 2 is 2.50 bits per heavy atom. The zero-order chi connectivity index (χ0) is 8.55. The fourth-order valence-electron chi connectivity index (χ4n) is 1.84. The Kier molecular flexibility index (Phi) is 2.02. The van der Waals surface area contributed by atoms with Crippen LogP contribution >= 0.6 is 0 Å². The van der Waals surface area contributed by atoms with Crippen molar-refractivity contribution in [3.05, 3.63) is 0 Å². The number of ether oxygens (including phenoxy) is 1. The maximum absolute atomic E-state index is 11.4. The fraction of sp³-hybridized carbons (Fsp3) is 0.875. The van der Waals surface area contributed by atoms with Gasteiger partial charge in [-0.1, -0.05) is 0 Å². The van der Waals surface area contributed by atoms with E-state index in [4.69, 9.17) is 4.74 Å². The molecule has 2 rings (SSSR count). The summed E-state index contributed by atoms with van der Waals surface area (Å²) in [5.74, 6) is 0.165. The molecule has 68 valence electrons. The summed E-state index contributed by atoms with van der Waals surface area (Å²) < 4.78 is 5.47. The van der Waals surface area contributed by atoms with Gasteiger partial charge in [0.15, 0.2) is 0 Å². The quantitative estimate of drug-likeness (QED) is 0.535. The number of carbonyl (C=O) groups is 1. The van der Waals surface area contributed by atoms with Crippen molar-refractivity contribution < 1.29 is 9.53 Å². The van der Waals surface area contributed by atoms with E-state index < -0.39 is 0 Å². The van der Waals surface area contributed by atoms with Crippen LogP contribution in [-0.2, 0) is 9.53 Å². The van der Waals surface area contributed by atoms with Gasteiger partial charge in [-0.3, -0.25) is 4.79 Å². The first-order valence-electron chi connectivity index (χ1n) is 4.42. The second kappa shape index (κ2) is 3.03. The van der Waals surface area contributed by atoms with Gasteiger partial charge in [0.2, 0.25) is 5.91 Å². The van der Waals surface area contributed by atoms with E-state index in [-0.39, 0.29) is 12.1 Å². The Balaban J connectivity index is 2.12. The number of fused-ring (bicyclic) bond motifs is 1. The van der Waals surface area contributed by atoms with Gasteiger partial charge in [0, 0.05) is 12.6 Å². The monoisotopic (exact) mass is 170 g/mol. The number of piperazine rings is 1. The normalized spacial score (nSPS) is 36.4. The predicted octanol–water partition coefficient (Wildman–Crippen LogP) is -0.447. The molecule has 0 radical (unpaired) electrons. The molecule has 0 aromatic heterocycles. The van der Waals surface area contributed by atoms with Crippen LogP contribution in [0.3, 0.4) is 0 Å². The van der Waals surface area contributed by atoms with Gasteiger partial charge in [-0.2, -0.15) is 0 Å². The number of nitrogens with zero attached hydrogens (tertiary/aromatic N) is 1. The Morgan fingerprint density at radius 3 is 3.25 bits per heavy atom. The van der Waals surface area contributed by atoms with Crippen molar-refractivity contribution in [2.45, 2.75) is 25.6 Å². The van der Waals surface area contributed by atoms with Crippen LogP contribution in [0.4, 0.5) is 0 Å². The average molecular weight is 170 g/mol. The molecule has 0 aromatic carbocycles. The Hall–Kier alpha value is -0.610. The van der Waals surface area contributed by atoms with Crippen LogP contribution in [0, 0.1) is 0 Å². The first-order valence-corrected chi connectivity index (χ1v) is 4.42. The third-order valence-corrected chi connectivity index (χ3v) is 2.51. The second-order valence-electron chi connectivity index (χ2n) is 3.40. The summed E-state index contributed by atoms with van der Waals surface area (Å²) in [5, 5.41) is 3.04. The number of amides is 1. The average Bonchev–Trinajstić information content (AvgIpc) is 2.04. The van der Waals surface area contributed by atoms with E-state index in [9.17, 15) is 4.79 Å². The predicted molar refractivity (Wildman–Crippen MR) is 43.5 cm³/mol. The van der Waals surface area contributed by atoms with Gasteiger partial charge < -0.3 is 15.0 Å². The summed E-state index contributed by atoms with van der Waals surface area (Å²) in [4.78, 5) is 13.3. The van der Waals surface area contributed by atoms with E-state index in [1.807, 2.05) is 4.90 Å². The largest absolute Gasteiger partial charge is 0.357 e. The molecule has 2 atom stereocenters. The van der Waals surface area contributed by atoms with Crippen LogP contribution in [0.1, 0.15) is 13.3 Å². The molecular formula is C8H14N2O2. The number of carbonyl (C=O) groups excluding carboxylic acids is 1. The van der Waals surface area contributed by atoms with Crippen molar-refractivity contribution in [3.63, 3.8) is 0 Å². The van der Waals surface area contributed by atoms with Crippen LogP contribution in [0.5, 0.6) is 0 Å². The van der Waals surface area contributed by atoms with Crippen molar-refractivity contribution in [1.82, 2.24) is 10.2 Å². The van der Waals surface area contributed by atoms with E-state index >= 15 is 0 Å². The van der Waals surface area contributed by atoms with Gasteiger partial charge in [-0.05, 0) is 13.3 Å². The van der Waals surface area contributed by atoms with Gasteiger partial charge in [0.25, 0.3) is 0 Å². The smallest absolute Gasteiger partial charge is 0.238 e. The Bertz CT molecular complexity index is 193. The maximum Gasteiger partial charge on any atom is 0.238 e. The molecule has 1 N–H and O–H groups in total. The zero-order valence-corrected chi connectivity index (χ0v) is 7.25. The number of hydrogen-bond donors (Lipinski definition) is 1. The molecule has 0 aromatic rings. The topological polar surface area (TPSA) is 41.6 Å². The molecule has 1 unspecified atom stereocenters. The van der Waals surface area contributed by atoms with Crippen molar-refractivity contribution in [2.24, 2.45) is 0 Å². The maximum atomic E-state index is 11.4. The Morgan fingerprint density at radius 1 is 1.67 bits per heavy atom. The van der Waals surface area contributed by atoms with E-state index in [0.717, 1.165) is 19.6 Å². The lowest BCUT2D eigenvalue weighted by Gasteiger charge is -2.43. The molecule has 2 heterocycles. The highest BCUT2D eigenvalue weighted by atomic mass is 16.5. The van der Waals surface area contributed by atoms with E-state index in [1.54, 1.807) is 0 Å².